The molecule has 16 aromatic rings. The third kappa shape index (κ3) is 24.3. The van der Waals surface area contributed by atoms with Gasteiger partial charge in [-0.05, 0) is 180 Å². The van der Waals surface area contributed by atoms with Crippen LogP contribution in [0.3, 0.4) is 0 Å². The first-order chi connectivity index (χ1) is 69.3. The number of hydrogen-bond acceptors (Lipinski definition) is 29. The molecule has 0 radical (unpaired) electrons. The van der Waals surface area contributed by atoms with Gasteiger partial charge in [-0.2, -0.15) is 8.42 Å². The molecule has 0 fully saturated rings. The van der Waals surface area contributed by atoms with Crippen molar-refractivity contribution in [3.8, 4) is 64.3 Å². The number of nitrogens with zero attached hydrogens (tertiary/aromatic N) is 13. The van der Waals surface area contributed by atoms with Crippen LogP contribution in [0.1, 0.15) is 186 Å². The second-order valence-electron chi connectivity index (χ2n) is 40.5. The van der Waals surface area contributed by atoms with Gasteiger partial charge in [-0.15, -0.1) is 56.7 Å². The molecule has 20 heterocycles. The predicted octanol–water partition coefficient (Wildman–Crippen LogP) is 19.1. The van der Waals surface area contributed by atoms with Crippen LogP contribution in [0.4, 0.5) is 22.3 Å². The van der Waals surface area contributed by atoms with Gasteiger partial charge in [0, 0.05) is 151 Å². The van der Waals surface area contributed by atoms with E-state index in [4.69, 9.17) is 44.7 Å². The average molecular weight is 2100 g/mol. The van der Waals surface area contributed by atoms with Gasteiger partial charge in [-0.1, -0.05) is 136 Å². The van der Waals surface area contributed by atoms with Crippen LogP contribution in [0.15, 0.2) is 189 Å². The largest absolute Gasteiger partial charge is 0.490 e. The van der Waals surface area contributed by atoms with E-state index < -0.39 is 11.6 Å². The number of amides is 7. The predicted molar refractivity (Wildman–Crippen MR) is 572 cm³/mol. The summed E-state index contributed by atoms with van der Waals surface area (Å²) in [7, 11) is 1.60. The number of aromatic nitrogens is 13. The number of fused-ring (bicyclic) bond motifs is 9. The van der Waals surface area contributed by atoms with Gasteiger partial charge in [0.05, 0.1) is 46.4 Å². The maximum absolute atomic E-state index is 12.5. The van der Waals surface area contributed by atoms with Crippen molar-refractivity contribution in [3.63, 3.8) is 0 Å². The molecule has 746 valence electrons. The van der Waals surface area contributed by atoms with E-state index in [0.29, 0.717) is 72.2 Å². The second-order valence-corrected chi connectivity index (χ2v) is 47.0. The Morgan fingerprint density at radius 3 is 1.32 bits per heavy atom. The van der Waals surface area contributed by atoms with Gasteiger partial charge in [0.25, 0.3) is 41.4 Å². The summed E-state index contributed by atoms with van der Waals surface area (Å²) in [6.07, 6.45) is 19.1. The number of ether oxygens (including phenoxy) is 1. The molecule has 40 heteroatoms. The summed E-state index contributed by atoms with van der Waals surface area (Å²) < 4.78 is 24.4. The number of aromatic amines is 1. The maximum Gasteiger partial charge on any atom is 0.335 e. The highest BCUT2D eigenvalue weighted by Gasteiger charge is 2.39. The molecule has 0 unspecified atom stereocenters. The number of rotatable bonds is 10. The van der Waals surface area contributed by atoms with Crippen LogP contribution in [0.2, 0.25) is 5.15 Å². The number of H-pyrrole nitrogens is 1. The summed E-state index contributed by atoms with van der Waals surface area (Å²) >= 11 is 13.8. The van der Waals surface area contributed by atoms with E-state index in [-0.39, 0.29) is 73.8 Å². The number of halogens is 1. The molecule has 9 N–H and O–H groups in total. The number of pyridine rings is 5. The molecule has 0 saturated carbocycles. The quantitative estimate of drug-likeness (QED) is 0.0574. The zero-order valence-corrected chi connectivity index (χ0v) is 88.4. The summed E-state index contributed by atoms with van der Waals surface area (Å²) in [6, 6.07) is 44.6. The van der Waals surface area contributed by atoms with E-state index in [1.54, 1.807) is 56.2 Å². The number of hydrogen-bond donors (Lipinski definition) is 9. The Morgan fingerprint density at radius 1 is 0.428 bits per heavy atom. The third-order valence-electron chi connectivity index (χ3n) is 24.7. The summed E-state index contributed by atoms with van der Waals surface area (Å²) in [5.41, 5.74) is 15.5. The van der Waals surface area contributed by atoms with Crippen LogP contribution in [0.25, 0.3) is 80.6 Å². The average Bonchev–Trinajstić information content (AvgIpc) is 1.64. The summed E-state index contributed by atoms with van der Waals surface area (Å²) in [4.78, 5) is 145. The van der Waals surface area contributed by atoms with Crippen molar-refractivity contribution in [2.24, 2.45) is 32.5 Å². The molecule has 7 aliphatic rings. The van der Waals surface area contributed by atoms with Crippen molar-refractivity contribution in [2.45, 2.75) is 122 Å². The minimum absolute atomic E-state index is 0.00150. The first-order valence-corrected chi connectivity index (χ1v) is 52.9. The molecule has 0 aliphatic carbocycles. The van der Waals surface area contributed by atoms with E-state index >= 15 is 0 Å². The van der Waals surface area contributed by atoms with Crippen LogP contribution in [0, 0.1) is 32.5 Å². The number of nitrogens with one attached hydrogen (secondary N) is 9. The monoisotopic (exact) mass is 2090 g/mol. The molecular weight excluding hydrogens is 1990 g/mol. The first kappa shape index (κ1) is 103. The molecule has 0 bridgehead atoms. The number of carbonyl (C=O) groups is 7. The Labute approximate surface area is 869 Å². The Morgan fingerprint density at radius 2 is 0.834 bits per heavy atom. The lowest BCUT2D eigenvalue weighted by Crippen LogP contribution is -2.32. The van der Waals surface area contributed by atoms with Crippen LogP contribution < -0.4 is 52.2 Å². The molecule has 0 saturated heterocycles. The first-order valence-electron chi connectivity index (χ1n) is 47.0. The van der Waals surface area contributed by atoms with Gasteiger partial charge < -0.3 is 61.7 Å². The van der Waals surface area contributed by atoms with Gasteiger partial charge in [0.15, 0.2) is 5.13 Å². The lowest BCUT2D eigenvalue weighted by atomic mass is 9.88. The lowest BCUT2D eigenvalue weighted by Gasteiger charge is -2.29. The Balaban J connectivity index is 0.000000119. The van der Waals surface area contributed by atoms with E-state index in [2.05, 4.69) is 193 Å². The molecule has 32 nitrogen and oxygen atoms in total. The maximum atomic E-state index is 12.5. The van der Waals surface area contributed by atoms with Gasteiger partial charge in [0.2, 0.25) is 0 Å². The molecule has 0 atom stereocenters. The highest BCUT2D eigenvalue weighted by atomic mass is 35.5. The third-order valence-corrected chi connectivity index (χ3v) is 31.7. The van der Waals surface area contributed by atoms with E-state index in [0.717, 1.165) is 202 Å². The van der Waals surface area contributed by atoms with Crippen LogP contribution >= 0.6 is 79.6 Å². The molecule has 7 aliphatic heterocycles. The SMILES string of the molecule is CC1(C)CNC(=O)c2sc(-c3ccnc(Cl)c3)nc2C1.CC1(C)CNC(=O)c2sc(-c3ccnc4[nH]ccc34)nc2C1.CC1(C)CNC(=O)c2sc(-c3ccnc4c3ccn4-c3ccccc3)nc2C1.CC1(C)CNC(=O)c2sc(-c3ccncc3)nc2C1.CC1(C)CNC(=O)c2sc(N3CCOc4ccccc43)nc2C1.CNC(=O)c1ccc(Nc2cc(-c3nc4c(s3)C(=O)NCC(C)(C)C4)ccn2)cc1.O=S=O. The molecule has 7 amide bonds. The van der Waals surface area contributed by atoms with Crippen molar-refractivity contribution >= 4 is 177 Å². The van der Waals surface area contributed by atoms with Crippen molar-refractivity contribution < 1.29 is 46.7 Å². The van der Waals surface area contributed by atoms with Gasteiger partial charge >= 0.3 is 11.6 Å². The number of carbonyl (C=O) groups excluding carboxylic acids is 7. The zero-order chi connectivity index (χ0) is 102. The number of benzene rings is 3. The van der Waals surface area contributed by atoms with E-state index in [9.17, 15) is 33.6 Å². The van der Waals surface area contributed by atoms with Crippen molar-refractivity contribution in [1.82, 2.24) is 102 Å². The number of thiazole rings is 6. The van der Waals surface area contributed by atoms with E-state index in [1.807, 2.05) is 122 Å². The topological polar surface area (TPSA) is 425 Å². The van der Waals surface area contributed by atoms with Crippen molar-refractivity contribution in [3.05, 3.63) is 263 Å². The Hall–Kier alpha value is -13.9. The fraction of sp³-hybridized carbons (Fsp3) is 0.314. The second kappa shape index (κ2) is 43.2. The molecule has 3 aromatic carbocycles. The lowest BCUT2D eigenvalue weighted by molar-refractivity contribution is 0.0941. The standard InChI is InChI=1S/C22H23N5O2S.C22H20N4OS.C17H19N3O2S.C16H16N4OS.C14H14ClN3OS.C14H15N3OS.O2S/c1-22(2)11-16-18(20(29)25-12-22)30-21(27-16)14-8-9-24-17(10-14)26-15-6-4-13(5-7-15)19(28)23-3;1-22(2)12-17-18(20(27)24-13-22)28-21(25-17)16-8-10-23-19-15(16)9-11-26(19)14-6-4-3-5-7-14;1-17(2)9-11-14(15(21)18-10-17)23-16(19-11)20-7-8-22-13-6-4-3-5-12(13)20;1-16(2)7-11-12(14(21)19-8-16)22-15(20-11)10-4-6-18-13-9(10)3-5-17-13;1-14(2)6-9-11(12(19)17-7-14)20-13(18-9)8-3-4-16-10(15)5-8;1-14(2)7-10-11(12(18)16-8-14)19-13(17-10)9-3-5-15-6-4-9;1-3-2/h4-10H,11-12H2,1-3H3,(H,23,28)(H,24,26)(H,25,29);3-11H,12-13H2,1-2H3,(H,24,27);3-6H,7-10H2,1-2H3,(H,18,21);3-6H,7-8H2,1-2H3,(H,17,18)(H,19,21);3-5H,6-7H2,1-2H3,(H,17,19);3-6H,7-8H2,1-2H3,(H,16,18);. The van der Waals surface area contributed by atoms with E-state index in [1.165, 1.54) is 68.0 Å². The van der Waals surface area contributed by atoms with Gasteiger partial charge in [0.1, 0.15) is 88.9 Å². The van der Waals surface area contributed by atoms with Crippen LogP contribution in [-0.4, -0.2) is 174 Å². The number of anilines is 4. The minimum atomic E-state index is -0.750. The highest BCUT2D eigenvalue weighted by molar-refractivity contribution is 7.51. The summed E-state index contributed by atoms with van der Waals surface area (Å²) in [5, 5.41) is 31.5. The summed E-state index contributed by atoms with van der Waals surface area (Å²) in [5.74, 6) is 1.29. The van der Waals surface area contributed by atoms with Crippen LogP contribution in [-0.2, 0) is 50.1 Å². The summed E-state index contributed by atoms with van der Waals surface area (Å²) in [6.45, 7) is 31.2. The van der Waals surface area contributed by atoms with Crippen molar-refractivity contribution in [2.75, 3.05) is 69.7 Å². The van der Waals surface area contributed by atoms with Crippen molar-refractivity contribution in [1.29, 1.82) is 0 Å². The smallest absolute Gasteiger partial charge is 0.335 e. The molecule has 0 spiro atoms. The minimum Gasteiger partial charge on any atom is -0.490 e. The molecule has 145 heavy (non-hydrogen) atoms. The van der Waals surface area contributed by atoms with Gasteiger partial charge in [-0.3, -0.25) is 38.5 Å². The fourth-order valence-electron chi connectivity index (χ4n) is 17.3. The normalized spacial score (nSPS) is 16.6. The zero-order valence-electron chi connectivity index (χ0n) is 81.9. The number of para-hydroxylation sites is 3. The Bertz CT molecular complexity index is 7600. The fourth-order valence-corrected chi connectivity index (χ4v) is 23.6. The molecular formula is C105H107ClN22O10S7. The molecule has 23 rings (SSSR count). The van der Waals surface area contributed by atoms with Crippen LogP contribution in [0.5, 0.6) is 5.75 Å². The highest BCUT2D eigenvalue weighted by Crippen LogP contribution is 2.45. The molecule has 13 aromatic heterocycles. The van der Waals surface area contributed by atoms with Gasteiger partial charge in [-0.25, -0.2) is 49.8 Å². The Kier molecular flexibility index (Phi) is 30.5.